The molecule has 0 radical (unpaired) electrons. The number of benzene rings is 1. The summed E-state index contributed by atoms with van der Waals surface area (Å²) in [6.07, 6.45) is 0.261. The third-order valence-electron chi connectivity index (χ3n) is 4.00. The number of nitrogens with zero attached hydrogens (tertiary/aromatic N) is 5. The first-order valence-electron chi connectivity index (χ1n) is 8.30. The molecule has 0 saturated carbocycles. The minimum absolute atomic E-state index is 0.00886. The molecule has 28 heavy (non-hydrogen) atoms. The van der Waals surface area contributed by atoms with Gasteiger partial charge in [-0.3, -0.25) is 14.3 Å². The molecule has 4 aromatic rings. The Morgan fingerprint density at radius 1 is 0.964 bits per heavy atom. The number of aromatic nitrogens is 5. The first kappa shape index (κ1) is 17.7. The van der Waals surface area contributed by atoms with Crippen molar-refractivity contribution >= 4 is 0 Å². The monoisotopic (exact) mass is 381 g/mol. The van der Waals surface area contributed by atoms with Gasteiger partial charge < -0.3 is 4.42 Å². The summed E-state index contributed by atoms with van der Waals surface area (Å²) in [5.74, 6) is -0.258. The quantitative estimate of drug-likeness (QED) is 0.527. The lowest BCUT2D eigenvalue weighted by molar-refractivity contribution is 0.116. The van der Waals surface area contributed by atoms with Crippen LogP contribution in [0, 0.1) is 0 Å². The van der Waals surface area contributed by atoms with E-state index in [1.165, 1.54) is 16.8 Å². The summed E-state index contributed by atoms with van der Waals surface area (Å²) >= 11 is 0. The zero-order chi connectivity index (χ0) is 19.5. The maximum Gasteiger partial charge on any atom is 0.314 e. The number of hydrogen-bond donors (Lipinski definition) is 0. The molecule has 0 aliphatic rings. The standard InChI is InChI=1S/C19H13F2N5O2/c20-16(21)19-25-24-18(28-19)13-6-4-12(5-7-13)11-26-15(27)8-10-23-17(26)14-3-1-2-9-22-14/h1-10,16H,11H2. The first-order valence-corrected chi connectivity index (χ1v) is 8.30. The lowest BCUT2D eigenvalue weighted by atomic mass is 10.1. The molecule has 0 atom stereocenters. The van der Waals surface area contributed by atoms with Crippen molar-refractivity contribution in [1.82, 2.24) is 24.7 Å². The highest BCUT2D eigenvalue weighted by Gasteiger charge is 2.17. The maximum atomic E-state index is 12.6. The van der Waals surface area contributed by atoms with Crippen LogP contribution in [0.25, 0.3) is 23.0 Å². The van der Waals surface area contributed by atoms with E-state index in [0.29, 0.717) is 17.1 Å². The van der Waals surface area contributed by atoms with Gasteiger partial charge in [-0.2, -0.15) is 8.78 Å². The highest BCUT2D eigenvalue weighted by atomic mass is 19.3. The summed E-state index contributed by atoms with van der Waals surface area (Å²) in [4.78, 5) is 20.9. The van der Waals surface area contributed by atoms with Crippen molar-refractivity contribution in [3.63, 3.8) is 0 Å². The Balaban J connectivity index is 1.63. The highest BCUT2D eigenvalue weighted by Crippen LogP contribution is 2.23. The molecular formula is C19H13F2N5O2. The molecular weight excluding hydrogens is 368 g/mol. The molecule has 0 amide bonds. The Morgan fingerprint density at radius 3 is 2.46 bits per heavy atom. The molecule has 1 aromatic carbocycles. The smallest absolute Gasteiger partial charge is 0.314 e. The fraction of sp³-hybridized carbons (Fsp3) is 0.105. The van der Waals surface area contributed by atoms with Crippen LogP contribution >= 0.6 is 0 Å². The van der Waals surface area contributed by atoms with Crippen LogP contribution in [0.5, 0.6) is 0 Å². The Bertz CT molecular complexity index is 1140. The van der Waals surface area contributed by atoms with Crippen molar-refractivity contribution in [1.29, 1.82) is 0 Å². The summed E-state index contributed by atoms with van der Waals surface area (Å²) in [7, 11) is 0. The van der Waals surface area contributed by atoms with Crippen molar-refractivity contribution in [2.24, 2.45) is 0 Å². The van der Waals surface area contributed by atoms with Gasteiger partial charge in [0.25, 0.3) is 11.4 Å². The number of hydrogen-bond acceptors (Lipinski definition) is 6. The number of halogens is 2. The van der Waals surface area contributed by atoms with Crippen LogP contribution in [-0.4, -0.2) is 24.7 Å². The predicted molar refractivity (Wildman–Crippen MR) is 95.5 cm³/mol. The van der Waals surface area contributed by atoms with E-state index in [2.05, 4.69) is 20.2 Å². The molecule has 3 heterocycles. The lowest BCUT2D eigenvalue weighted by Gasteiger charge is -2.11. The molecule has 0 unspecified atom stereocenters. The van der Waals surface area contributed by atoms with Crippen LogP contribution in [-0.2, 0) is 6.54 Å². The minimum atomic E-state index is -2.82. The van der Waals surface area contributed by atoms with E-state index >= 15 is 0 Å². The van der Waals surface area contributed by atoms with Crippen LogP contribution in [0.1, 0.15) is 17.9 Å². The Labute approximate surface area is 157 Å². The van der Waals surface area contributed by atoms with Gasteiger partial charge in [0.05, 0.1) is 6.54 Å². The summed E-state index contributed by atoms with van der Waals surface area (Å²) in [6.45, 7) is 0.269. The number of rotatable bonds is 5. The van der Waals surface area contributed by atoms with Crippen molar-refractivity contribution in [2.45, 2.75) is 13.0 Å². The number of pyridine rings is 1. The third kappa shape index (κ3) is 3.54. The van der Waals surface area contributed by atoms with Crippen molar-refractivity contribution in [2.75, 3.05) is 0 Å². The second kappa shape index (κ2) is 7.47. The number of alkyl halides is 2. The average Bonchev–Trinajstić information content (AvgIpc) is 3.21. The Morgan fingerprint density at radius 2 is 1.79 bits per heavy atom. The van der Waals surface area contributed by atoms with E-state index in [9.17, 15) is 13.6 Å². The minimum Gasteiger partial charge on any atom is -0.415 e. The summed E-state index contributed by atoms with van der Waals surface area (Å²) < 4.78 is 31.6. The SMILES string of the molecule is O=c1ccnc(-c2ccccn2)n1Cc1ccc(-c2nnc(C(F)F)o2)cc1. The Kier molecular flexibility index (Phi) is 4.71. The zero-order valence-electron chi connectivity index (χ0n) is 14.4. The van der Waals surface area contributed by atoms with E-state index in [1.807, 2.05) is 6.07 Å². The second-order valence-corrected chi connectivity index (χ2v) is 5.85. The molecule has 0 aliphatic heterocycles. The van der Waals surface area contributed by atoms with Crippen LogP contribution in [0.4, 0.5) is 8.78 Å². The molecule has 9 heteroatoms. The second-order valence-electron chi connectivity index (χ2n) is 5.85. The zero-order valence-corrected chi connectivity index (χ0v) is 14.4. The van der Waals surface area contributed by atoms with Gasteiger partial charge in [0.15, 0.2) is 5.82 Å². The van der Waals surface area contributed by atoms with Gasteiger partial charge >= 0.3 is 6.43 Å². The van der Waals surface area contributed by atoms with E-state index in [0.717, 1.165) is 5.56 Å². The molecule has 0 aliphatic carbocycles. The van der Waals surface area contributed by atoms with E-state index < -0.39 is 12.3 Å². The first-order chi connectivity index (χ1) is 13.6. The van der Waals surface area contributed by atoms with E-state index in [-0.39, 0.29) is 18.0 Å². The van der Waals surface area contributed by atoms with Gasteiger partial charge in [-0.05, 0) is 29.8 Å². The topological polar surface area (TPSA) is 86.7 Å². The molecule has 3 aromatic heterocycles. The van der Waals surface area contributed by atoms with Gasteiger partial charge in [0.2, 0.25) is 5.89 Å². The molecule has 0 spiro atoms. The normalized spacial score (nSPS) is 11.1. The van der Waals surface area contributed by atoms with E-state index in [4.69, 9.17) is 4.42 Å². The highest BCUT2D eigenvalue weighted by molar-refractivity contribution is 5.53. The maximum absolute atomic E-state index is 12.6. The van der Waals surface area contributed by atoms with Gasteiger partial charge in [-0.15, -0.1) is 10.2 Å². The van der Waals surface area contributed by atoms with Crippen molar-refractivity contribution in [3.8, 4) is 23.0 Å². The molecule has 0 saturated heterocycles. The van der Waals surface area contributed by atoms with Crippen LogP contribution in [0.3, 0.4) is 0 Å². The molecule has 0 bridgehead atoms. The van der Waals surface area contributed by atoms with E-state index in [1.54, 1.807) is 42.6 Å². The van der Waals surface area contributed by atoms with Gasteiger partial charge in [0.1, 0.15) is 5.69 Å². The van der Waals surface area contributed by atoms with Crippen LogP contribution < -0.4 is 5.56 Å². The third-order valence-corrected chi connectivity index (χ3v) is 4.00. The van der Waals surface area contributed by atoms with Gasteiger partial charge in [-0.1, -0.05) is 18.2 Å². The molecule has 7 nitrogen and oxygen atoms in total. The largest absolute Gasteiger partial charge is 0.415 e. The molecule has 4 rings (SSSR count). The molecule has 140 valence electrons. The average molecular weight is 381 g/mol. The summed E-state index contributed by atoms with van der Waals surface area (Å²) in [6, 6.07) is 13.6. The summed E-state index contributed by atoms with van der Waals surface area (Å²) in [5, 5.41) is 6.93. The van der Waals surface area contributed by atoms with Crippen LogP contribution in [0.2, 0.25) is 0 Å². The fourth-order valence-electron chi connectivity index (χ4n) is 2.66. The lowest BCUT2D eigenvalue weighted by Crippen LogP contribution is -2.22. The summed E-state index contributed by atoms with van der Waals surface area (Å²) in [5.41, 5.74) is 1.69. The van der Waals surface area contributed by atoms with Crippen molar-refractivity contribution in [3.05, 3.63) is 82.7 Å². The molecule has 0 N–H and O–H groups in total. The van der Waals surface area contributed by atoms with Crippen LogP contribution in [0.15, 0.2) is 70.1 Å². The fourth-order valence-corrected chi connectivity index (χ4v) is 2.66. The molecule has 0 fully saturated rings. The van der Waals surface area contributed by atoms with Crippen molar-refractivity contribution < 1.29 is 13.2 Å². The predicted octanol–water partition coefficient (Wildman–Crippen LogP) is 3.34. The van der Waals surface area contributed by atoms with Gasteiger partial charge in [0, 0.05) is 24.0 Å². The Hall–Kier alpha value is -3.75. The van der Waals surface area contributed by atoms with Gasteiger partial charge in [-0.25, -0.2) is 4.98 Å².